The number of hydrogen-bond acceptors (Lipinski definition) is 4. The van der Waals surface area contributed by atoms with Crippen molar-refractivity contribution in [3.05, 3.63) is 53.2 Å². The summed E-state index contributed by atoms with van der Waals surface area (Å²) in [5.41, 5.74) is 2.60. The Hall–Kier alpha value is -2.89. The zero-order valence-electron chi connectivity index (χ0n) is 16.0. The molecule has 6 nitrogen and oxygen atoms in total. The van der Waals surface area contributed by atoms with Gasteiger partial charge in [-0.2, -0.15) is 0 Å². The monoisotopic (exact) mass is 367 g/mol. The number of nitrogens with one attached hydrogen (secondary N) is 1. The number of aryl methyl sites for hydroxylation is 2. The van der Waals surface area contributed by atoms with Crippen molar-refractivity contribution in [1.29, 1.82) is 0 Å². The van der Waals surface area contributed by atoms with Gasteiger partial charge in [0.2, 0.25) is 5.91 Å². The van der Waals surface area contributed by atoms with Gasteiger partial charge in [0.25, 0.3) is 5.91 Å². The third-order valence-corrected chi connectivity index (χ3v) is 4.90. The number of carbonyl (C=O) groups is 2. The molecule has 142 valence electrons. The van der Waals surface area contributed by atoms with Crippen molar-refractivity contribution in [2.24, 2.45) is 5.92 Å². The van der Waals surface area contributed by atoms with Gasteiger partial charge in [-0.05, 0) is 56.0 Å². The molecule has 1 N–H and O–H groups in total. The van der Waals surface area contributed by atoms with Crippen LogP contribution in [0.4, 0.5) is 5.82 Å². The van der Waals surface area contributed by atoms with E-state index < -0.39 is 0 Å². The molecule has 0 unspecified atom stereocenters. The maximum Gasteiger partial charge on any atom is 0.254 e. The normalized spacial score (nSPS) is 16.7. The molecular weight excluding hydrogens is 342 g/mol. The first-order valence-electron chi connectivity index (χ1n) is 9.15. The van der Waals surface area contributed by atoms with Gasteiger partial charge < -0.3 is 15.0 Å². The van der Waals surface area contributed by atoms with Gasteiger partial charge in [-0.1, -0.05) is 12.1 Å². The van der Waals surface area contributed by atoms with Crippen LogP contribution in [-0.2, 0) is 4.79 Å². The molecule has 27 heavy (non-hydrogen) atoms. The Morgan fingerprint density at radius 2 is 2.04 bits per heavy atom. The van der Waals surface area contributed by atoms with E-state index in [1.807, 2.05) is 26.0 Å². The summed E-state index contributed by atoms with van der Waals surface area (Å²) in [5.74, 6) is 0.831. The molecule has 6 heteroatoms. The summed E-state index contributed by atoms with van der Waals surface area (Å²) in [4.78, 5) is 31.4. The van der Waals surface area contributed by atoms with Gasteiger partial charge in [0.15, 0.2) is 0 Å². The average Bonchev–Trinajstić information content (AvgIpc) is 2.69. The number of anilines is 1. The number of methoxy groups -OCH3 is 1. The molecule has 2 amide bonds. The summed E-state index contributed by atoms with van der Waals surface area (Å²) in [6.45, 7) is 4.95. The van der Waals surface area contributed by atoms with Crippen molar-refractivity contribution in [2.45, 2.75) is 26.7 Å². The molecule has 1 aliphatic heterocycles. The van der Waals surface area contributed by atoms with E-state index in [1.54, 1.807) is 36.4 Å². The molecule has 1 atom stereocenters. The second-order valence-corrected chi connectivity index (χ2v) is 6.98. The molecule has 1 aromatic carbocycles. The molecule has 1 aromatic heterocycles. The zero-order valence-corrected chi connectivity index (χ0v) is 16.0. The van der Waals surface area contributed by atoms with Gasteiger partial charge in [0, 0.05) is 24.8 Å². The average molecular weight is 367 g/mol. The number of carbonyl (C=O) groups excluding carboxylic acids is 2. The van der Waals surface area contributed by atoms with E-state index in [4.69, 9.17) is 4.74 Å². The van der Waals surface area contributed by atoms with Crippen molar-refractivity contribution in [1.82, 2.24) is 9.88 Å². The van der Waals surface area contributed by atoms with Crippen LogP contribution < -0.4 is 10.1 Å². The number of pyridine rings is 1. The van der Waals surface area contributed by atoms with Crippen molar-refractivity contribution < 1.29 is 14.3 Å². The molecule has 0 saturated carbocycles. The summed E-state index contributed by atoms with van der Waals surface area (Å²) in [7, 11) is 1.59. The van der Waals surface area contributed by atoms with Crippen molar-refractivity contribution in [3.8, 4) is 5.75 Å². The number of ether oxygens (including phenoxy) is 1. The van der Waals surface area contributed by atoms with Crippen LogP contribution in [0, 0.1) is 19.8 Å². The van der Waals surface area contributed by atoms with Crippen LogP contribution >= 0.6 is 0 Å². The quantitative estimate of drug-likeness (QED) is 0.901. The Morgan fingerprint density at radius 1 is 1.22 bits per heavy atom. The first-order chi connectivity index (χ1) is 13.0. The number of benzene rings is 1. The number of aromatic nitrogens is 1. The number of likely N-dealkylation sites (tertiary alicyclic amines) is 1. The van der Waals surface area contributed by atoms with Gasteiger partial charge in [0.1, 0.15) is 11.6 Å². The van der Waals surface area contributed by atoms with Crippen LogP contribution in [0.3, 0.4) is 0 Å². The number of amides is 2. The fraction of sp³-hybridized carbons (Fsp3) is 0.381. The molecule has 0 spiro atoms. The Labute approximate surface area is 159 Å². The molecule has 1 saturated heterocycles. The van der Waals surface area contributed by atoms with Crippen LogP contribution in [-0.4, -0.2) is 41.9 Å². The smallest absolute Gasteiger partial charge is 0.254 e. The van der Waals surface area contributed by atoms with Crippen LogP contribution in [0.2, 0.25) is 0 Å². The Morgan fingerprint density at radius 3 is 2.74 bits per heavy atom. The molecule has 0 radical (unpaired) electrons. The lowest BCUT2D eigenvalue weighted by molar-refractivity contribution is -0.121. The highest BCUT2D eigenvalue weighted by Gasteiger charge is 2.29. The second-order valence-electron chi connectivity index (χ2n) is 6.98. The largest absolute Gasteiger partial charge is 0.496 e. The number of piperidine rings is 1. The Bertz CT molecular complexity index is 833. The molecule has 3 rings (SSSR count). The van der Waals surface area contributed by atoms with E-state index >= 15 is 0 Å². The number of rotatable bonds is 4. The van der Waals surface area contributed by atoms with Crippen molar-refractivity contribution >= 4 is 17.6 Å². The minimum Gasteiger partial charge on any atom is -0.496 e. The summed E-state index contributed by atoms with van der Waals surface area (Å²) in [5, 5.41) is 2.86. The minimum absolute atomic E-state index is 0.0701. The van der Waals surface area contributed by atoms with Gasteiger partial charge in [-0.15, -0.1) is 0 Å². The summed E-state index contributed by atoms with van der Waals surface area (Å²) < 4.78 is 5.32. The standard InChI is InChI=1S/C21H25N3O3/c1-14-6-9-19(22-12-14)23-20(25)17-5-4-10-24(13-17)21(26)16-8-7-15(2)18(11-16)27-3/h6-9,11-12,17H,4-5,10,13H2,1-3H3,(H,22,23,25)/t17-/m1/s1. The lowest BCUT2D eigenvalue weighted by Gasteiger charge is -2.32. The van der Waals surface area contributed by atoms with Crippen LogP contribution in [0.15, 0.2) is 36.5 Å². The minimum atomic E-state index is -0.238. The van der Waals surface area contributed by atoms with Gasteiger partial charge in [-0.25, -0.2) is 4.98 Å². The van der Waals surface area contributed by atoms with Crippen molar-refractivity contribution in [3.63, 3.8) is 0 Å². The molecule has 2 aromatic rings. The Kier molecular flexibility index (Phi) is 5.74. The summed E-state index contributed by atoms with van der Waals surface area (Å²) in [6, 6.07) is 9.14. The van der Waals surface area contributed by atoms with E-state index in [0.717, 1.165) is 24.0 Å². The first-order valence-corrected chi connectivity index (χ1v) is 9.15. The molecule has 2 heterocycles. The molecular formula is C21H25N3O3. The van der Waals surface area contributed by atoms with E-state index in [1.165, 1.54) is 0 Å². The highest BCUT2D eigenvalue weighted by Crippen LogP contribution is 2.23. The maximum atomic E-state index is 12.9. The number of nitrogens with zero attached hydrogens (tertiary/aromatic N) is 2. The Balaban J connectivity index is 1.67. The van der Waals surface area contributed by atoms with Gasteiger partial charge in [0.05, 0.1) is 13.0 Å². The first kappa shape index (κ1) is 18.9. The predicted octanol–water partition coefficient (Wildman–Crippen LogP) is 3.20. The topological polar surface area (TPSA) is 71.5 Å². The molecule has 1 aliphatic rings. The fourth-order valence-corrected chi connectivity index (χ4v) is 3.28. The van der Waals surface area contributed by atoms with Crippen LogP contribution in [0.25, 0.3) is 0 Å². The third-order valence-electron chi connectivity index (χ3n) is 4.90. The van der Waals surface area contributed by atoms with Crippen LogP contribution in [0.1, 0.15) is 34.3 Å². The van der Waals surface area contributed by atoms with Crippen molar-refractivity contribution in [2.75, 3.05) is 25.5 Å². The molecule has 1 fully saturated rings. The highest BCUT2D eigenvalue weighted by molar-refractivity contribution is 5.96. The maximum absolute atomic E-state index is 12.9. The van der Waals surface area contributed by atoms with Gasteiger partial charge >= 0.3 is 0 Å². The highest BCUT2D eigenvalue weighted by atomic mass is 16.5. The molecule has 0 bridgehead atoms. The van der Waals surface area contributed by atoms with Gasteiger partial charge in [-0.3, -0.25) is 9.59 Å². The van der Waals surface area contributed by atoms with E-state index in [9.17, 15) is 9.59 Å². The summed E-state index contributed by atoms with van der Waals surface area (Å²) in [6.07, 6.45) is 3.28. The lowest BCUT2D eigenvalue weighted by Crippen LogP contribution is -2.43. The zero-order chi connectivity index (χ0) is 19.4. The fourth-order valence-electron chi connectivity index (χ4n) is 3.28. The van der Waals surface area contributed by atoms with Crippen LogP contribution in [0.5, 0.6) is 5.75 Å². The van der Waals surface area contributed by atoms with E-state index in [0.29, 0.717) is 30.2 Å². The predicted molar refractivity (Wildman–Crippen MR) is 104 cm³/mol. The second kappa shape index (κ2) is 8.20. The van der Waals surface area contributed by atoms with E-state index in [-0.39, 0.29) is 17.7 Å². The summed E-state index contributed by atoms with van der Waals surface area (Å²) >= 11 is 0. The van der Waals surface area contributed by atoms with E-state index in [2.05, 4.69) is 10.3 Å². The lowest BCUT2D eigenvalue weighted by atomic mass is 9.96. The third kappa shape index (κ3) is 4.45. The number of hydrogen-bond donors (Lipinski definition) is 1. The SMILES string of the molecule is COc1cc(C(=O)N2CCC[C@@H](C(=O)Nc3ccc(C)cn3)C2)ccc1C. The molecule has 0 aliphatic carbocycles.